The molecule has 0 aromatic heterocycles. The number of benzene rings is 2. The van der Waals surface area contributed by atoms with Gasteiger partial charge in [0.15, 0.2) is 0 Å². The molecule has 0 unspecified atom stereocenters. The minimum absolute atomic E-state index is 0.102. The van der Waals surface area contributed by atoms with Crippen molar-refractivity contribution in [3.8, 4) is 11.5 Å². The summed E-state index contributed by atoms with van der Waals surface area (Å²) in [6.07, 6.45) is 0.265. The van der Waals surface area contributed by atoms with Gasteiger partial charge in [0.05, 0.1) is 17.2 Å². The quantitative estimate of drug-likeness (QED) is 0.777. The van der Waals surface area contributed by atoms with Gasteiger partial charge >= 0.3 is 0 Å². The molecule has 3 heteroatoms. The summed E-state index contributed by atoms with van der Waals surface area (Å²) in [6.45, 7) is 8.00. The Morgan fingerprint density at radius 3 is 2.16 bits per heavy atom. The van der Waals surface area contributed by atoms with Crippen LogP contribution in [-0.2, 0) is 0 Å². The summed E-state index contributed by atoms with van der Waals surface area (Å²) in [5, 5.41) is 2.79. The highest BCUT2D eigenvalue weighted by Gasteiger charge is 2.07. The van der Waals surface area contributed by atoms with E-state index in [1.54, 1.807) is 0 Å². The molecule has 0 aliphatic carbocycles. The zero-order chi connectivity index (χ0) is 14.0. The van der Waals surface area contributed by atoms with Crippen LogP contribution in [0.3, 0.4) is 0 Å². The second-order valence-electron chi connectivity index (χ2n) is 5.12. The monoisotopic (exact) mass is 278 g/mol. The van der Waals surface area contributed by atoms with Crippen molar-refractivity contribution in [2.75, 3.05) is 0 Å². The smallest absolute Gasteiger partial charge is 0.138 e. The van der Waals surface area contributed by atoms with Crippen molar-refractivity contribution in [1.82, 2.24) is 0 Å². The standard InChI is InChI=1S/C16H19ClO2/c1-10(2)18-14-6-5-12-8-15(17)16(19-11(3)4)9-13(12)7-14/h5-11H,1-4H3. The van der Waals surface area contributed by atoms with Crippen molar-refractivity contribution in [3.63, 3.8) is 0 Å². The topological polar surface area (TPSA) is 18.5 Å². The summed E-state index contributed by atoms with van der Waals surface area (Å²) in [6, 6.07) is 9.87. The molecule has 2 rings (SSSR count). The number of fused-ring (bicyclic) bond motifs is 1. The predicted octanol–water partition coefficient (Wildman–Crippen LogP) is 5.07. The lowest BCUT2D eigenvalue weighted by Gasteiger charge is -2.14. The normalized spacial score (nSPS) is 11.3. The van der Waals surface area contributed by atoms with Gasteiger partial charge in [0, 0.05) is 0 Å². The largest absolute Gasteiger partial charge is 0.491 e. The average Bonchev–Trinajstić information content (AvgIpc) is 2.29. The Bertz CT molecular complexity index is 576. The van der Waals surface area contributed by atoms with E-state index in [0.29, 0.717) is 10.8 Å². The van der Waals surface area contributed by atoms with Gasteiger partial charge in [0.1, 0.15) is 11.5 Å². The molecule has 0 aliphatic rings. The highest BCUT2D eigenvalue weighted by molar-refractivity contribution is 6.32. The Balaban J connectivity index is 2.42. The summed E-state index contributed by atoms with van der Waals surface area (Å²) < 4.78 is 11.4. The summed E-state index contributed by atoms with van der Waals surface area (Å²) in [4.78, 5) is 0. The first kappa shape index (κ1) is 14.0. The van der Waals surface area contributed by atoms with Crippen LogP contribution < -0.4 is 9.47 Å². The number of hydrogen-bond acceptors (Lipinski definition) is 2. The van der Waals surface area contributed by atoms with Crippen LogP contribution in [0.25, 0.3) is 10.8 Å². The molecule has 0 amide bonds. The average molecular weight is 279 g/mol. The van der Waals surface area contributed by atoms with E-state index < -0.39 is 0 Å². The van der Waals surface area contributed by atoms with Gasteiger partial charge in [-0.15, -0.1) is 0 Å². The molecule has 0 N–H and O–H groups in total. The van der Waals surface area contributed by atoms with Crippen molar-refractivity contribution in [2.45, 2.75) is 39.9 Å². The van der Waals surface area contributed by atoms with E-state index in [4.69, 9.17) is 21.1 Å². The molecule has 0 bridgehead atoms. The van der Waals surface area contributed by atoms with Gasteiger partial charge in [-0.05, 0) is 62.7 Å². The highest BCUT2D eigenvalue weighted by Crippen LogP contribution is 2.32. The van der Waals surface area contributed by atoms with Crippen molar-refractivity contribution >= 4 is 22.4 Å². The second-order valence-corrected chi connectivity index (χ2v) is 5.53. The lowest BCUT2D eigenvalue weighted by molar-refractivity contribution is 0.242. The fourth-order valence-electron chi connectivity index (χ4n) is 1.92. The Kier molecular flexibility index (Phi) is 4.20. The van der Waals surface area contributed by atoms with E-state index in [2.05, 4.69) is 0 Å². The second kappa shape index (κ2) is 5.70. The molecule has 0 fully saturated rings. The van der Waals surface area contributed by atoms with Crippen LogP contribution in [0, 0.1) is 0 Å². The number of hydrogen-bond donors (Lipinski definition) is 0. The number of halogens is 1. The van der Waals surface area contributed by atoms with Gasteiger partial charge in [-0.3, -0.25) is 0 Å². The first-order valence-corrected chi connectivity index (χ1v) is 6.90. The third-order valence-corrected chi connectivity index (χ3v) is 2.89. The molecule has 2 aromatic carbocycles. The van der Waals surface area contributed by atoms with Gasteiger partial charge in [-0.2, -0.15) is 0 Å². The molecule has 0 saturated heterocycles. The maximum atomic E-state index is 6.22. The fourth-order valence-corrected chi connectivity index (χ4v) is 2.13. The molecule has 0 aliphatic heterocycles. The zero-order valence-electron chi connectivity index (χ0n) is 11.7. The van der Waals surface area contributed by atoms with Crippen molar-refractivity contribution in [1.29, 1.82) is 0 Å². The fraction of sp³-hybridized carbons (Fsp3) is 0.375. The van der Waals surface area contributed by atoms with E-state index in [-0.39, 0.29) is 12.2 Å². The van der Waals surface area contributed by atoms with Gasteiger partial charge < -0.3 is 9.47 Å². The first-order chi connectivity index (χ1) is 8.95. The van der Waals surface area contributed by atoms with Crippen LogP contribution in [-0.4, -0.2) is 12.2 Å². The van der Waals surface area contributed by atoms with E-state index in [9.17, 15) is 0 Å². The van der Waals surface area contributed by atoms with Crippen molar-refractivity contribution in [2.24, 2.45) is 0 Å². The molecular weight excluding hydrogens is 260 g/mol. The number of rotatable bonds is 4. The summed E-state index contributed by atoms with van der Waals surface area (Å²) in [5.41, 5.74) is 0. The zero-order valence-corrected chi connectivity index (χ0v) is 12.5. The lowest BCUT2D eigenvalue weighted by Crippen LogP contribution is -2.06. The van der Waals surface area contributed by atoms with Crippen LogP contribution in [0.4, 0.5) is 0 Å². The summed E-state index contributed by atoms with van der Waals surface area (Å²) in [5.74, 6) is 1.58. The van der Waals surface area contributed by atoms with Crippen LogP contribution in [0.1, 0.15) is 27.7 Å². The van der Waals surface area contributed by atoms with E-state index >= 15 is 0 Å². The third kappa shape index (κ3) is 3.54. The number of ether oxygens (including phenoxy) is 2. The van der Waals surface area contributed by atoms with E-state index in [1.165, 1.54) is 0 Å². The SMILES string of the molecule is CC(C)Oc1ccc2cc(Cl)c(OC(C)C)cc2c1. The summed E-state index contributed by atoms with van der Waals surface area (Å²) >= 11 is 6.22. The van der Waals surface area contributed by atoms with E-state index in [1.807, 2.05) is 58.0 Å². The Hall–Kier alpha value is -1.41. The molecule has 0 atom stereocenters. The molecule has 0 heterocycles. The van der Waals surface area contributed by atoms with Gasteiger partial charge in [0.2, 0.25) is 0 Å². The maximum absolute atomic E-state index is 6.22. The lowest BCUT2D eigenvalue weighted by atomic mass is 10.1. The Morgan fingerprint density at radius 1 is 0.842 bits per heavy atom. The minimum atomic E-state index is 0.102. The van der Waals surface area contributed by atoms with Crippen LogP contribution in [0.2, 0.25) is 5.02 Å². The molecular formula is C16H19ClO2. The third-order valence-electron chi connectivity index (χ3n) is 2.60. The van der Waals surface area contributed by atoms with Crippen LogP contribution in [0.15, 0.2) is 30.3 Å². The molecule has 102 valence electrons. The van der Waals surface area contributed by atoms with E-state index in [0.717, 1.165) is 16.5 Å². The van der Waals surface area contributed by atoms with Gasteiger partial charge in [0.25, 0.3) is 0 Å². The van der Waals surface area contributed by atoms with Gasteiger partial charge in [-0.25, -0.2) is 0 Å². The summed E-state index contributed by atoms with van der Waals surface area (Å²) in [7, 11) is 0. The molecule has 19 heavy (non-hydrogen) atoms. The predicted molar refractivity (Wildman–Crippen MR) is 80.5 cm³/mol. The molecule has 2 aromatic rings. The molecule has 0 radical (unpaired) electrons. The minimum Gasteiger partial charge on any atom is -0.491 e. The molecule has 0 spiro atoms. The molecule has 2 nitrogen and oxygen atoms in total. The maximum Gasteiger partial charge on any atom is 0.138 e. The first-order valence-electron chi connectivity index (χ1n) is 6.52. The van der Waals surface area contributed by atoms with Gasteiger partial charge in [-0.1, -0.05) is 17.7 Å². The molecule has 0 saturated carbocycles. The van der Waals surface area contributed by atoms with Crippen molar-refractivity contribution < 1.29 is 9.47 Å². The van der Waals surface area contributed by atoms with Crippen LogP contribution >= 0.6 is 11.6 Å². The Morgan fingerprint density at radius 2 is 1.53 bits per heavy atom. The Labute approximate surface area is 119 Å². The van der Waals surface area contributed by atoms with Crippen LogP contribution in [0.5, 0.6) is 11.5 Å². The van der Waals surface area contributed by atoms with Crippen molar-refractivity contribution in [3.05, 3.63) is 35.4 Å². The highest BCUT2D eigenvalue weighted by atomic mass is 35.5.